The van der Waals surface area contributed by atoms with E-state index in [0.717, 1.165) is 5.56 Å². The molecule has 0 aliphatic rings. The molecule has 20 heavy (non-hydrogen) atoms. The Bertz CT molecular complexity index is 503. The lowest BCUT2D eigenvalue weighted by atomic mass is 10.1. The fourth-order valence-corrected chi connectivity index (χ4v) is 2.13. The first-order valence-electron chi connectivity index (χ1n) is 6.65. The minimum atomic E-state index is -0.00489. The van der Waals surface area contributed by atoms with E-state index in [4.69, 9.17) is 29.6 Å². The molecule has 0 saturated heterocycles. The van der Waals surface area contributed by atoms with E-state index in [1.165, 1.54) is 0 Å². The predicted octanol–water partition coefficient (Wildman–Crippen LogP) is 3.42. The summed E-state index contributed by atoms with van der Waals surface area (Å²) < 4.78 is 0. The maximum atomic E-state index is 12.6. The van der Waals surface area contributed by atoms with Crippen LogP contribution < -0.4 is 5.73 Å². The average Bonchev–Trinajstić information content (AvgIpc) is 2.36. The highest BCUT2D eigenvalue weighted by Crippen LogP contribution is 2.18. The van der Waals surface area contributed by atoms with Crippen LogP contribution in [0.15, 0.2) is 18.2 Å². The van der Waals surface area contributed by atoms with Gasteiger partial charge in [0.15, 0.2) is 0 Å². The lowest BCUT2D eigenvalue weighted by Gasteiger charge is -2.24. The van der Waals surface area contributed by atoms with E-state index in [1.54, 1.807) is 17.0 Å². The number of hydrogen-bond acceptors (Lipinski definition) is 2. The number of benzene rings is 1. The zero-order valence-corrected chi connectivity index (χ0v) is 13.7. The Labute approximate surface area is 131 Å². The number of carbonyl (C=O) groups is 1. The first-order chi connectivity index (χ1) is 9.31. The Kier molecular flexibility index (Phi) is 6.43. The largest absolute Gasteiger partial charge is 0.393 e. The molecule has 1 rings (SSSR count). The summed E-state index contributed by atoms with van der Waals surface area (Å²) in [6.45, 7) is 7.28. The van der Waals surface area contributed by atoms with Crippen LogP contribution >= 0.6 is 23.8 Å². The summed E-state index contributed by atoms with van der Waals surface area (Å²) in [6.07, 6.45) is 0.542. The van der Waals surface area contributed by atoms with Crippen molar-refractivity contribution >= 4 is 34.7 Å². The van der Waals surface area contributed by atoms with Crippen LogP contribution in [-0.2, 0) is 0 Å². The second kappa shape index (κ2) is 7.60. The van der Waals surface area contributed by atoms with Crippen molar-refractivity contribution in [1.82, 2.24) is 4.90 Å². The first-order valence-corrected chi connectivity index (χ1v) is 7.43. The summed E-state index contributed by atoms with van der Waals surface area (Å²) in [7, 11) is 0. The van der Waals surface area contributed by atoms with E-state index >= 15 is 0 Å². The zero-order chi connectivity index (χ0) is 15.3. The number of thiocarbonyl (C=S) groups is 1. The SMILES string of the molecule is Cc1cc(C(=O)N(CCC(N)=S)CC(C)C)ccc1Cl. The molecule has 5 heteroatoms. The van der Waals surface area contributed by atoms with Crippen LogP contribution in [0.3, 0.4) is 0 Å². The lowest BCUT2D eigenvalue weighted by Crippen LogP contribution is -2.36. The van der Waals surface area contributed by atoms with Gasteiger partial charge in [-0.1, -0.05) is 37.7 Å². The highest BCUT2D eigenvalue weighted by atomic mass is 35.5. The summed E-state index contributed by atoms with van der Waals surface area (Å²) in [6, 6.07) is 5.33. The Morgan fingerprint density at radius 2 is 2.10 bits per heavy atom. The molecule has 0 aliphatic heterocycles. The van der Waals surface area contributed by atoms with Crippen LogP contribution in [0.4, 0.5) is 0 Å². The van der Waals surface area contributed by atoms with Crippen molar-refractivity contribution in [2.75, 3.05) is 13.1 Å². The van der Waals surface area contributed by atoms with Gasteiger partial charge in [-0.3, -0.25) is 4.79 Å². The van der Waals surface area contributed by atoms with E-state index in [-0.39, 0.29) is 5.91 Å². The van der Waals surface area contributed by atoms with Crippen LogP contribution in [0.5, 0.6) is 0 Å². The monoisotopic (exact) mass is 312 g/mol. The highest BCUT2D eigenvalue weighted by Gasteiger charge is 2.17. The van der Waals surface area contributed by atoms with Crippen molar-refractivity contribution in [3.63, 3.8) is 0 Å². The van der Waals surface area contributed by atoms with Gasteiger partial charge in [-0.25, -0.2) is 0 Å². The van der Waals surface area contributed by atoms with Crippen molar-refractivity contribution in [2.45, 2.75) is 27.2 Å². The normalized spacial score (nSPS) is 10.7. The maximum absolute atomic E-state index is 12.6. The van der Waals surface area contributed by atoms with Gasteiger partial charge in [-0.15, -0.1) is 0 Å². The van der Waals surface area contributed by atoms with Crippen molar-refractivity contribution in [3.8, 4) is 0 Å². The maximum Gasteiger partial charge on any atom is 0.253 e. The number of amides is 1. The van der Waals surface area contributed by atoms with Crippen LogP contribution in [0.25, 0.3) is 0 Å². The van der Waals surface area contributed by atoms with Crippen LogP contribution in [0, 0.1) is 12.8 Å². The Morgan fingerprint density at radius 3 is 2.60 bits per heavy atom. The van der Waals surface area contributed by atoms with Crippen LogP contribution in [0.1, 0.15) is 36.2 Å². The van der Waals surface area contributed by atoms with Gasteiger partial charge in [0.25, 0.3) is 5.91 Å². The third kappa shape index (κ3) is 5.10. The fourth-order valence-electron chi connectivity index (χ4n) is 1.92. The molecule has 0 atom stereocenters. The Hall–Kier alpha value is -1.13. The van der Waals surface area contributed by atoms with Crippen molar-refractivity contribution in [2.24, 2.45) is 11.7 Å². The van der Waals surface area contributed by atoms with E-state index in [0.29, 0.717) is 41.0 Å². The lowest BCUT2D eigenvalue weighted by molar-refractivity contribution is 0.0741. The van der Waals surface area contributed by atoms with Crippen molar-refractivity contribution in [3.05, 3.63) is 34.3 Å². The zero-order valence-electron chi connectivity index (χ0n) is 12.1. The van der Waals surface area contributed by atoms with Crippen LogP contribution in [0.2, 0.25) is 5.02 Å². The second-order valence-electron chi connectivity index (χ2n) is 5.33. The Balaban J connectivity index is 2.90. The third-order valence-corrected chi connectivity index (χ3v) is 3.53. The van der Waals surface area contributed by atoms with E-state index in [2.05, 4.69) is 13.8 Å². The number of nitrogens with zero attached hydrogens (tertiary/aromatic N) is 1. The number of rotatable bonds is 6. The molecule has 110 valence electrons. The fraction of sp³-hybridized carbons (Fsp3) is 0.467. The van der Waals surface area contributed by atoms with E-state index < -0.39 is 0 Å². The molecule has 0 heterocycles. The van der Waals surface area contributed by atoms with Gasteiger partial charge in [0.2, 0.25) is 0 Å². The number of carbonyl (C=O) groups excluding carboxylic acids is 1. The average molecular weight is 313 g/mol. The molecule has 0 bridgehead atoms. The number of nitrogens with two attached hydrogens (primary N) is 1. The minimum absolute atomic E-state index is 0.00489. The molecule has 0 aromatic heterocycles. The van der Waals surface area contributed by atoms with E-state index in [9.17, 15) is 4.79 Å². The smallest absolute Gasteiger partial charge is 0.253 e. The van der Waals surface area contributed by atoms with Crippen molar-refractivity contribution in [1.29, 1.82) is 0 Å². The minimum Gasteiger partial charge on any atom is -0.393 e. The summed E-state index contributed by atoms with van der Waals surface area (Å²) in [4.78, 5) is 14.8. The van der Waals surface area contributed by atoms with Gasteiger partial charge in [-0.05, 0) is 36.6 Å². The predicted molar refractivity (Wildman–Crippen MR) is 88.3 cm³/mol. The van der Waals surface area contributed by atoms with Crippen molar-refractivity contribution < 1.29 is 4.79 Å². The second-order valence-corrected chi connectivity index (χ2v) is 6.26. The molecule has 0 fully saturated rings. The van der Waals surface area contributed by atoms with Crippen LogP contribution in [-0.4, -0.2) is 28.9 Å². The van der Waals surface area contributed by atoms with Gasteiger partial charge in [0.05, 0.1) is 4.99 Å². The number of halogens is 1. The first kappa shape index (κ1) is 16.9. The summed E-state index contributed by atoms with van der Waals surface area (Å²) in [5, 5.41) is 0.667. The van der Waals surface area contributed by atoms with E-state index in [1.807, 2.05) is 13.0 Å². The molecule has 0 unspecified atom stereocenters. The molecule has 1 amide bonds. The molecule has 3 nitrogen and oxygen atoms in total. The van der Waals surface area contributed by atoms with Gasteiger partial charge in [0.1, 0.15) is 0 Å². The standard InChI is InChI=1S/C15H21ClN2OS/c1-10(2)9-18(7-6-14(17)20)15(19)12-4-5-13(16)11(3)8-12/h4-5,8,10H,6-7,9H2,1-3H3,(H2,17,20). The van der Waals surface area contributed by atoms with Gasteiger partial charge >= 0.3 is 0 Å². The molecule has 0 aliphatic carbocycles. The van der Waals surface area contributed by atoms with Gasteiger partial charge in [0, 0.05) is 30.1 Å². The highest BCUT2D eigenvalue weighted by molar-refractivity contribution is 7.80. The molecule has 0 spiro atoms. The topological polar surface area (TPSA) is 46.3 Å². The van der Waals surface area contributed by atoms with Gasteiger partial charge < -0.3 is 10.6 Å². The molecule has 1 aromatic rings. The molecule has 0 saturated carbocycles. The number of aryl methyl sites for hydroxylation is 1. The van der Waals surface area contributed by atoms with Gasteiger partial charge in [-0.2, -0.15) is 0 Å². The number of hydrogen-bond donors (Lipinski definition) is 1. The molecule has 0 radical (unpaired) electrons. The summed E-state index contributed by atoms with van der Waals surface area (Å²) in [5.41, 5.74) is 7.08. The molecule has 2 N–H and O–H groups in total. The summed E-state index contributed by atoms with van der Waals surface area (Å²) >= 11 is 10.9. The molecular formula is C15H21ClN2OS. The molecular weight excluding hydrogens is 292 g/mol. The summed E-state index contributed by atoms with van der Waals surface area (Å²) in [5.74, 6) is 0.383. The Morgan fingerprint density at radius 1 is 1.45 bits per heavy atom. The quantitative estimate of drug-likeness (QED) is 0.819. The molecule has 1 aromatic carbocycles. The third-order valence-electron chi connectivity index (χ3n) is 2.91.